The van der Waals surface area contributed by atoms with Gasteiger partial charge in [-0.25, -0.2) is 0 Å². The summed E-state index contributed by atoms with van der Waals surface area (Å²) in [6, 6.07) is 0. The lowest BCUT2D eigenvalue weighted by Gasteiger charge is -2.33. The number of imide groups is 1. The summed E-state index contributed by atoms with van der Waals surface area (Å²) >= 11 is 0. The molecule has 0 aliphatic carbocycles. The predicted octanol–water partition coefficient (Wildman–Crippen LogP) is 0.140. The van der Waals surface area contributed by atoms with Gasteiger partial charge in [0, 0.05) is 13.5 Å². The first-order valence-corrected chi connectivity index (χ1v) is 4.72. The maximum Gasteiger partial charge on any atom is 0.260 e. The summed E-state index contributed by atoms with van der Waals surface area (Å²) in [4.78, 5) is 22.5. The molecular formula is C9H16N2O3. The molecule has 0 saturated carbocycles. The summed E-state index contributed by atoms with van der Waals surface area (Å²) in [5.41, 5.74) is -0.654. The molecule has 1 heterocycles. The van der Waals surface area contributed by atoms with Crippen molar-refractivity contribution in [2.24, 2.45) is 5.41 Å². The van der Waals surface area contributed by atoms with E-state index in [2.05, 4.69) is 5.32 Å². The molecule has 0 aromatic carbocycles. The molecule has 1 rings (SSSR count). The molecule has 2 N–H and O–H groups in total. The lowest BCUT2D eigenvalue weighted by atomic mass is 9.82. The third-order valence-corrected chi connectivity index (χ3v) is 2.60. The molecule has 0 spiro atoms. The average molecular weight is 200 g/mol. The molecule has 0 aromatic heterocycles. The normalized spacial score (nSPS) is 27.1. The Morgan fingerprint density at radius 3 is 2.57 bits per heavy atom. The smallest absolute Gasteiger partial charge is 0.260 e. The van der Waals surface area contributed by atoms with Crippen LogP contribution in [0, 0.1) is 5.41 Å². The highest BCUT2D eigenvalue weighted by Gasteiger charge is 2.38. The molecule has 5 nitrogen and oxygen atoms in total. The average Bonchev–Trinajstić information content (AvgIpc) is 2.16. The van der Waals surface area contributed by atoms with E-state index in [9.17, 15) is 14.8 Å². The molecule has 1 aliphatic rings. The summed E-state index contributed by atoms with van der Waals surface area (Å²) in [7, 11) is 0. The molecule has 1 saturated heterocycles. The van der Waals surface area contributed by atoms with Gasteiger partial charge in [-0.15, -0.1) is 0 Å². The van der Waals surface area contributed by atoms with Crippen molar-refractivity contribution >= 4 is 11.8 Å². The summed E-state index contributed by atoms with van der Waals surface area (Å²) in [5.74, 6) is -1.15. The lowest BCUT2D eigenvalue weighted by Crippen LogP contribution is -2.50. The van der Waals surface area contributed by atoms with Gasteiger partial charge in [0.25, 0.3) is 5.91 Å². The third-order valence-electron chi connectivity index (χ3n) is 2.60. The van der Waals surface area contributed by atoms with Crippen molar-refractivity contribution in [1.29, 1.82) is 0 Å². The molecule has 5 heteroatoms. The summed E-state index contributed by atoms with van der Waals surface area (Å²) in [6.45, 7) is 4.32. The van der Waals surface area contributed by atoms with Crippen LogP contribution < -0.4 is 5.32 Å². The van der Waals surface area contributed by atoms with Gasteiger partial charge in [-0.05, 0) is 26.3 Å². The number of hydrogen-bond donors (Lipinski definition) is 2. The molecule has 1 fully saturated rings. The Bertz CT molecular complexity index is 246. The minimum atomic E-state index is -0.654. The van der Waals surface area contributed by atoms with Gasteiger partial charge in [-0.1, -0.05) is 0 Å². The van der Waals surface area contributed by atoms with Crippen LogP contribution in [0.2, 0.25) is 0 Å². The molecule has 1 unspecified atom stereocenters. The van der Waals surface area contributed by atoms with Crippen molar-refractivity contribution in [2.45, 2.75) is 26.7 Å². The fourth-order valence-electron chi connectivity index (χ4n) is 1.64. The van der Waals surface area contributed by atoms with Gasteiger partial charge in [0.05, 0.1) is 5.41 Å². The van der Waals surface area contributed by atoms with E-state index in [1.165, 1.54) is 0 Å². The Morgan fingerprint density at radius 1 is 1.50 bits per heavy atom. The monoisotopic (exact) mass is 200 g/mol. The Balaban J connectivity index is 2.70. The van der Waals surface area contributed by atoms with Crippen LogP contribution >= 0.6 is 0 Å². The third kappa shape index (κ3) is 2.10. The molecular weight excluding hydrogens is 184 g/mol. The highest BCUT2D eigenvalue weighted by molar-refractivity contribution is 5.95. The first-order valence-electron chi connectivity index (χ1n) is 4.72. The highest BCUT2D eigenvalue weighted by Crippen LogP contribution is 2.27. The van der Waals surface area contributed by atoms with Gasteiger partial charge in [-0.2, -0.15) is 5.06 Å². The van der Waals surface area contributed by atoms with Crippen LogP contribution in [0.1, 0.15) is 26.7 Å². The Hall–Kier alpha value is -0.940. The van der Waals surface area contributed by atoms with E-state index in [0.29, 0.717) is 13.0 Å². The quantitative estimate of drug-likeness (QED) is 0.466. The summed E-state index contributed by atoms with van der Waals surface area (Å²) < 4.78 is 0. The zero-order chi connectivity index (χ0) is 10.8. The number of carbonyl (C=O) groups excluding carboxylic acids is 2. The minimum absolute atomic E-state index is 0.215. The van der Waals surface area contributed by atoms with Crippen molar-refractivity contribution in [3.8, 4) is 0 Å². The van der Waals surface area contributed by atoms with Gasteiger partial charge in [0.1, 0.15) is 0 Å². The van der Waals surface area contributed by atoms with Crippen LogP contribution in [0.4, 0.5) is 0 Å². The van der Waals surface area contributed by atoms with E-state index in [-0.39, 0.29) is 5.06 Å². The van der Waals surface area contributed by atoms with Crippen LogP contribution in [0.5, 0.6) is 0 Å². The topological polar surface area (TPSA) is 69.6 Å². The number of nitrogens with zero attached hydrogens (tertiary/aromatic N) is 1. The first-order chi connectivity index (χ1) is 6.47. The second-order valence-electron chi connectivity index (χ2n) is 3.98. The van der Waals surface area contributed by atoms with Gasteiger partial charge in [0.15, 0.2) is 0 Å². The molecule has 0 radical (unpaired) electrons. The molecule has 2 amide bonds. The number of rotatable bonds is 1. The van der Waals surface area contributed by atoms with E-state index in [1.54, 1.807) is 6.92 Å². The second-order valence-corrected chi connectivity index (χ2v) is 3.98. The highest BCUT2D eigenvalue weighted by atomic mass is 16.5. The number of hydroxylamine groups is 2. The van der Waals surface area contributed by atoms with E-state index < -0.39 is 17.2 Å². The number of nitrogens with one attached hydrogen (secondary N) is 1. The van der Waals surface area contributed by atoms with E-state index in [1.807, 2.05) is 0 Å². The van der Waals surface area contributed by atoms with Crippen LogP contribution in [-0.4, -0.2) is 35.2 Å². The largest absolute Gasteiger partial charge is 0.316 e. The van der Waals surface area contributed by atoms with Gasteiger partial charge in [0.2, 0.25) is 5.91 Å². The van der Waals surface area contributed by atoms with Gasteiger partial charge in [-0.3, -0.25) is 14.8 Å². The summed E-state index contributed by atoms with van der Waals surface area (Å²) in [5, 5.41) is 12.5. The zero-order valence-electron chi connectivity index (χ0n) is 8.54. The van der Waals surface area contributed by atoms with Crippen LogP contribution in [0.3, 0.4) is 0 Å². The van der Waals surface area contributed by atoms with Crippen molar-refractivity contribution in [3.05, 3.63) is 0 Å². The van der Waals surface area contributed by atoms with Crippen molar-refractivity contribution < 1.29 is 14.8 Å². The second kappa shape index (κ2) is 4.06. The van der Waals surface area contributed by atoms with Crippen molar-refractivity contribution in [1.82, 2.24) is 10.4 Å². The fraction of sp³-hybridized carbons (Fsp3) is 0.778. The van der Waals surface area contributed by atoms with Gasteiger partial charge < -0.3 is 5.32 Å². The Labute approximate surface area is 83.0 Å². The standard InChI is InChI=1S/C9H16N2O3/c1-7(12)11(14)8(13)9(2)4-3-5-10-6-9/h10,14H,3-6H2,1-2H3. The number of carbonyl (C=O) groups is 2. The summed E-state index contributed by atoms with van der Waals surface area (Å²) in [6.07, 6.45) is 1.58. The number of piperidine rings is 1. The maximum absolute atomic E-state index is 11.7. The number of hydrogen-bond acceptors (Lipinski definition) is 4. The molecule has 1 atom stereocenters. The Kier molecular flexibility index (Phi) is 3.23. The van der Waals surface area contributed by atoms with E-state index in [0.717, 1.165) is 19.9 Å². The zero-order valence-corrected chi connectivity index (χ0v) is 8.54. The van der Waals surface area contributed by atoms with Crippen molar-refractivity contribution in [3.63, 3.8) is 0 Å². The molecule has 0 bridgehead atoms. The van der Waals surface area contributed by atoms with Crippen molar-refractivity contribution in [2.75, 3.05) is 13.1 Å². The number of amides is 2. The van der Waals surface area contributed by atoms with E-state index in [4.69, 9.17) is 0 Å². The van der Waals surface area contributed by atoms with E-state index >= 15 is 0 Å². The molecule has 1 aliphatic heterocycles. The van der Waals surface area contributed by atoms with Gasteiger partial charge >= 0.3 is 0 Å². The minimum Gasteiger partial charge on any atom is -0.316 e. The maximum atomic E-state index is 11.7. The fourth-order valence-corrected chi connectivity index (χ4v) is 1.64. The Morgan fingerprint density at radius 2 is 2.14 bits per heavy atom. The predicted molar refractivity (Wildman–Crippen MR) is 49.5 cm³/mol. The molecule has 80 valence electrons. The van der Waals surface area contributed by atoms with Crippen LogP contribution in [0.25, 0.3) is 0 Å². The molecule has 14 heavy (non-hydrogen) atoms. The molecule has 0 aromatic rings. The lowest BCUT2D eigenvalue weighted by molar-refractivity contribution is -0.185. The van der Waals surface area contributed by atoms with Crippen LogP contribution in [-0.2, 0) is 9.59 Å². The first kappa shape index (κ1) is 11.1. The van der Waals surface area contributed by atoms with Crippen LogP contribution in [0.15, 0.2) is 0 Å². The SMILES string of the molecule is CC(=O)N(O)C(=O)C1(C)CCCNC1.